The molecule has 1 unspecified atom stereocenters. The molecule has 1 N–H and O–H groups in total. The number of carbonyl (C=O) groups excluding carboxylic acids is 1. The Morgan fingerprint density at radius 3 is 2.76 bits per heavy atom. The van der Waals surface area contributed by atoms with Gasteiger partial charge in [0.1, 0.15) is 6.04 Å². The smallest absolute Gasteiger partial charge is 0.323 e. The van der Waals surface area contributed by atoms with Gasteiger partial charge in [0.25, 0.3) is 0 Å². The number of thioether (sulfide) groups is 1. The molecule has 1 fully saturated rings. The number of hydrogen-bond donors (Lipinski definition) is 1. The molecule has 0 heterocycles. The van der Waals surface area contributed by atoms with Gasteiger partial charge in [-0.2, -0.15) is 0 Å². The molecule has 0 aliphatic heterocycles. The zero-order valence-corrected chi connectivity index (χ0v) is 12.9. The number of esters is 1. The average Bonchev–Trinajstić information content (AvgIpc) is 3.34. The van der Waals surface area contributed by atoms with Crippen LogP contribution in [0, 0.1) is 0 Å². The molecule has 1 atom stereocenters. The summed E-state index contributed by atoms with van der Waals surface area (Å²) in [6.45, 7) is 0. The molecule has 2 aromatic carbocycles. The fourth-order valence-corrected chi connectivity index (χ4v) is 3.26. The summed E-state index contributed by atoms with van der Waals surface area (Å²) in [5.74, 6) is 0.525. The highest BCUT2D eigenvalue weighted by atomic mass is 32.2. The molecule has 3 rings (SSSR count). The molecule has 0 aromatic heterocycles. The van der Waals surface area contributed by atoms with Crippen LogP contribution in [0.4, 0.5) is 0 Å². The van der Waals surface area contributed by atoms with Crippen molar-refractivity contribution in [2.75, 3.05) is 12.9 Å². The molecule has 1 aliphatic carbocycles. The second-order valence-electron chi connectivity index (χ2n) is 5.34. The summed E-state index contributed by atoms with van der Waals surface area (Å²) in [5.41, 5.74) is 0. The lowest BCUT2D eigenvalue weighted by molar-refractivity contribution is -0.142. The number of nitrogens with one attached hydrogen (secondary N) is 1. The zero-order chi connectivity index (χ0) is 14.7. The van der Waals surface area contributed by atoms with E-state index >= 15 is 0 Å². The first-order valence-corrected chi connectivity index (χ1v) is 8.20. The number of methoxy groups -OCH3 is 1. The number of hydrogen-bond acceptors (Lipinski definition) is 4. The first kappa shape index (κ1) is 14.4. The van der Waals surface area contributed by atoms with Crippen LogP contribution in [0.2, 0.25) is 0 Å². The highest BCUT2D eigenvalue weighted by molar-refractivity contribution is 7.99. The second-order valence-corrected chi connectivity index (χ2v) is 6.43. The van der Waals surface area contributed by atoms with Gasteiger partial charge in [-0.25, -0.2) is 0 Å². The molecule has 0 amide bonds. The van der Waals surface area contributed by atoms with Crippen LogP contribution in [0.1, 0.15) is 12.8 Å². The van der Waals surface area contributed by atoms with E-state index in [-0.39, 0.29) is 12.0 Å². The molecular formula is C17H19NO2S. The van der Waals surface area contributed by atoms with Gasteiger partial charge in [0.15, 0.2) is 0 Å². The van der Waals surface area contributed by atoms with Crippen molar-refractivity contribution >= 4 is 28.5 Å². The van der Waals surface area contributed by atoms with Crippen molar-refractivity contribution in [2.45, 2.75) is 29.8 Å². The SMILES string of the molecule is COC(=O)C(CSc1ccc2ccccc2c1)NC1CC1. The fourth-order valence-electron chi connectivity index (χ4n) is 2.30. The Morgan fingerprint density at radius 2 is 2.05 bits per heavy atom. The molecule has 0 saturated heterocycles. The van der Waals surface area contributed by atoms with Crippen molar-refractivity contribution in [1.29, 1.82) is 0 Å². The quantitative estimate of drug-likeness (QED) is 0.657. The maximum atomic E-state index is 11.8. The minimum absolute atomic E-state index is 0.171. The highest BCUT2D eigenvalue weighted by Gasteiger charge is 2.28. The van der Waals surface area contributed by atoms with Crippen molar-refractivity contribution < 1.29 is 9.53 Å². The molecule has 3 nitrogen and oxygen atoms in total. The molecule has 110 valence electrons. The highest BCUT2D eigenvalue weighted by Crippen LogP contribution is 2.26. The predicted molar refractivity (Wildman–Crippen MR) is 86.6 cm³/mol. The molecule has 1 saturated carbocycles. The zero-order valence-electron chi connectivity index (χ0n) is 12.0. The summed E-state index contributed by atoms with van der Waals surface area (Å²) < 4.78 is 4.88. The summed E-state index contributed by atoms with van der Waals surface area (Å²) in [5, 5.41) is 5.82. The summed E-state index contributed by atoms with van der Waals surface area (Å²) in [4.78, 5) is 13.0. The normalized spacial score (nSPS) is 15.9. The lowest BCUT2D eigenvalue weighted by atomic mass is 10.1. The van der Waals surface area contributed by atoms with Crippen LogP contribution >= 0.6 is 11.8 Å². The monoisotopic (exact) mass is 301 g/mol. The Bertz CT molecular complexity index is 639. The van der Waals surface area contributed by atoms with Crippen LogP contribution in [-0.2, 0) is 9.53 Å². The van der Waals surface area contributed by atoms with Crippen molar-refractivity contribution in [3.8, 4) is 0 Å². The summed E-state index contributed by atoms with van der Waals surface area (Å²) in [6.07, 6.45) is 2.32. The van der Waals surface area contributed by atoms with E-state index in [0.29, 0.717) is 11.8 Å². The number of ether oxygens (including phenoxy) is 1. The summed E-state index contributed by atoms with van der Waals surface area (Å²) >= 11 is 1.69. The van der Waals surface area contributed by atoms with Gasteiger partial charge in [0.05, 0.1) is 7.11 Å². The number of benzene rings is 2. The fraction of sp³-hybridized carbons (Fsp3) is 0.353. The van der Waals surface area contributed by atoms with E-state index in [1.807, 2.05) is 12.1 Å². The molecular weight excluding hydrogens is 282 g/mol. The van der Waals surface area contributed by atoms with E-state index in [0.717, 1.165) is 12.8 Å². The van der Waals surface area contributed by atoms with Gasteiger partial charge in [-0.1, -0.05) is 30.3 Å². The van der Waals surface area contributed by atoms with Gasteiger partial charge in [0, 0.05) is 16.7 Å². The van der Waals surface area contributed by atoms with Crippen molar-refractivity contribution in [2.24, 2.45) is 0 Å². The van der Waals surface area contributed by atoms with Gasteiger partial charge in [-0.05, 0) is 35.7 Å². The molecule has 21 heavy (non-hydrogen) atoms. The third-order valence-electron chi connectivity index (χ3n) is 3.64. The predicted octanol–water partition coefficient (Wildman–Crippen LogP) is 3.23. The van der Waals surface area contributed by atoms with Crippen molar-refractivity contribution in [3.63, 3.8) is 0 Å². The van der Waals surface area contributed by atoms with Crippen LogP contribution in [0.3, 0.4) is 0 Å². The molecule has 0 bridgehead atoms. The lowest BCUT2D eigenvalue weighted by Gasteiger charge is -2.15. The van der Waals surface area contributed by atoms with Gasteiger partial charge in [0.2, 0.25) is 0 Å². The van der Waals surface area contributed by atoms with Gasteiger partial charge < -0.3 is 10.1 Å². The first-order chi connectivity index (χ1) is 10.3. The van der Waals surface area contributed by atoms with Crippen LogP contribution in [0.25, 0.3) is 10.8 Å². The van der Waals surface area contributed by atoms with Crippen LogP contribution < -0.4 is 5.32 Å². The lowest BCUT2D eigenvalue weighted by Crippen LogP contribution is -2.40. The minimum Gasteiger partial charge on any atom is -0.468 e. The maximum absolute atomic E-state index is 11.8. The van der Waals surface area contributed by atoms with E-state index in [4.69, 9.17) is 4.74 Å². The Balaban J connectivity index is 1.66. The molecule has 1 aliphatic rings. The average molecular weight is 301 g/mol. The van der Waals surface area contributed by atoms with Gasteiger partial charge >= 0.3 is 5.97 Å². The Hall–Kier alpha value is -1.52. The van der Waals surface area contributed by atoms with Gasteiger partial charge in [-0.15, -0.1) is 11.8 Å². The largest absolute Gasteiger partial charge is 0.468 e. The van der Waals surface area contributed by atoms with E-state index < -0.39 is 0 Å². The Kier molecular flexibility index (Phi) is 4.46. The molecule has 2 aromatic rings. The summed E-state index contributed by atoms with van der Waals surface area (Å²) in [6, 6.07) is 15.0. The third-order valence-corrected chi connectivity index (χ3v) is 4.72. The topological polar surface area (TPSA) is 38.3 Å². The Labute approximate surface area is 129 Å². The maximum Gasteiger partial charge on any atom is 0.323 e. The number of fused-ring (bicyclic) bond motifs is 1. The minimum atomic E-state index is -0.223. The van der Waals surface area contributed by atoms with E-state index in [2.05, 4.69) is 35.6 Å². The number of carbonyl (C=O) groups is 1. The van der Waals surface area contributed by atoms with Crippen LogP contribution in [-0.4, -0.2) is 30.9 Å². The number of rotatable bonds is 6. The Morgan fingerprint density at radius 1 is 1.29 bits per heavy atom. The molecule has 0 spiro atoms. The van der Waals surface area contributed by atoms with E-state index in [9.17, 15) is 4.79 Å². The third kappa shape index (κ3) is 3.77. The van der Waals surface area contributed by atoms with Crippen LogP contribution in [0.5, 0.6) is 0 Å². The summed E-state index contributed by atoms with van der Waals surface area (Å²) in [7, 11) is 1.45. The molecule has 4 heteroatoms. The van der Waals surface area contributed by atoms with Gasteiger partial charge in [-0.3, -0.25) is 4.79 Å². The molecule has 0 radical (unpaired) electrons. The van der Waals surface area contributed by atoms with Crippen molar-refractivity contribution in [1.82, 2.24) is 5.32 Å². The van der Waals surface area contributed by atoms with E-state index in [1.165, 1.54) is 22.8 Å². The van der Waals surface area contributed by atoms with E-state index in [1.54, 1.807) is 11.8 Å². The van der Waals surface area contributed by atoms with Crippen LogP contribution in [0.15, 0.2) is 47.4 Å². The first-order valence-electron chi connectivity index (χ1n) is 7.22. The second kappa shape index (κ2) is 6.50. The van der Waals surface area contributed by atoms with Crippen molar-refractivity contribution in [3.05, 3.63) is 42.5 Å². The standard InChI is InChI=1S/C17H19NO2S/c1-20-17(19)16(18-14-7-8-14)11-21-15-9-6-12-4-2-3-5-13(12)10-15/h2-6,9-10,14,16,18H,7-8,11H2,1H3.